The maximum absolute atomic E-state index is 12.5. The fourth-order valence-corrected chi connectivity index (χ4v) is 2.71. The van der Waals surface area contributed by atoms with Crippen molar-refractivity contribution in [1.82, 2.24) is 14.7 Å². The number of hydrogen-bond donors (Lipinski definition) is 1. The number of likely N-dealkylation sites (N-methyl/N-ethyl adjacent to an activating group) is 1. The highest BCUT2D eigenvalue weighted by atomic mass is 35.5. The molecule has 1 atom stereocenters. The van der Waals surface area contributed by atoms with Crippen LogP contribution in [0.25, 0.3) is 5.69 Å². The summed E-state index contributed by atoms with van der Waals surface area (Å²) in [5.41, 5.74) is 0.0676. The summed E-state index contributed by atoms with van der Waals surface area (Å²) in [6.45, 7) is 1.67. The van der Waals surface area contributed by atoms with Crippen LogP contribution in [-0.2, 0) is 4.79 Å². The number of rotatable bonds is 4. The van der Waals surface area contributed by atoms with Crippen LogP contribution in [-0.4, -0.2) is 40.7 Å². The Balaban J connectivity index is 2.39. The lowest BCUT2D eigenvalue weighted by Gasteiger charge is -2.19. The van der Waals surface area contributed by atoms with E-state index in [9.17, 15) is 9.59 Å². The topological polar surface area (TPSA) is 67.2 Å². The van der Waals surface area contributed by atoms with E-state index >= 15 is 0 Å². The van der Waals surface area contributed by atoms with Crippen LogP contribution in [0.4, 0.5) is 5.69 Å². The summed E-state index contributed by atoms with van der Waals surface area (Å²) in [6.07, 6.45) is 1.37. The second-order valence-corrected chi connectivity index (χ2v) is 6.51. The number of hydrogen-bond acceptors (Lipinski definition) is 4. The van der Waals surface area contributed by atoms with E-state index in [1.165, 1.54) is 17.2 Å². The molecule has 1 N–H and O–H groups in total. The van der Waals surface area contributed by atoms with Gasteiger partial charge in [-0.3, -0.25) is 9.59 Å². The van der Waals surface area contributed by atoms with Gasteiger partial charge in [0.15, 0.2) is 0 Å². The average molecular weight is 390 g/mol. The molecule has 0 unspecified atom stereocenters. The molecule has 2 aromatic rings. The number of nitrogens with zero attached hydrogens (tertiary/aromatic N) is 3. The monoisotopic (exact) mass is 388 g/mol. The molecule has 24 heavy (non-hydrogen) atoms. The molecule has 1 heterocycles. The number of carbonyl (C=O) groups is 1. The molecule has 0 aliphatic carbocycles. The summed E-state index contributed by atoms with van der Waals surface area (Å²) in [6, 6.07) is 4.11. The second kappa shape index (κ2) is 7.42. The lowest BCUT2D eigenvalue weighted by atomic mass is 10.3. The van der Waals surface area contributed by atoms with Crippen molar-refractivity contribution in [3.05, 3.63) is 49.8 Å². The number of amides is 1. The van der Waals surface area contributed by atoms with Crippen LogP contribution >= 0.6 is 34.8 Å². The molecule has 0 fully saturated rings. The van der Waals surface area contributed by atoms with Crippen molar-refractivity contribution in [3.63, 3.8) is 0 Å². The van der Waals surface area contributed by atoms with Gasteiger partial charge in [0, 0.05) is 19.1 Å². The standard InChI is InChI=1S/C15H15Cl3N4O2/c1-8(14(23)21(2)3)20-11-7-19-22(15(24)13(11)18)12-5-4-9(16)6-10(12)17/h4-8,20H,1-3H3/t8-/m0/s1. The third-order valence-corrected chi connectivity index (χ3v) is 4.14. The van der Waals surface area contributed by atoms with Gasteiger partial charge in [-0.2, -0.15) is 9.78 Å². The highest BCUT2D eigenvalue weighted by molar-refractivity contribution is 6.36. The van der Waals surface area contributed by atoms with Gasteiger partial charge < -0.3 is 10.2 Å². The predicted molar refractivity (Wildman–Crippen MR) is 96.6 cm³/mol. The zero-order valence-electron chi connectivity index (χ0n) is 13.2. The van der Waals surface area contributed by atoms with Crippen molar-refractivity contribution in [2.45, 2.75) is 13.0 Å². The first-order chi connectivity index (χ1) is 11.2. The zero-order chi connectivity index (χ0) is 18.0. The minimum Gasteiger partial charge on any atom is -0.371 e. The molecule has 0 spiro atoms. The third-order valence-electron chi connectivity index (χ3n) is 3.24. The fraction of sp³-hybridized carbons (Fsp3) is 0.267. The molecule has 1 aromatic carbocycles. The van der Waals surface area contributed by atoms with E-state index < -0.39 is 11.6 Å². The number of benzene rings is 1. The Labute approximate surface area is 153 Å². The van der Waals surface area contributed by atoms with Crippen molar-refractivity contribution in [3.8, 4) is 5.69 Å². The summed E-state index contributed by atoms with van der Waals surface area (Å²) in [4.78, 5) is 25.8. The van der Waals surface area contributed by atoms with Crippen molar-refractivity contribution in [1.29, 1.82) is 0 Å². The van der Waals surface area contributed by atoms with Crippen molar-refractivity contribution in [2.24, 2.45) is 0 Å². The quantitative estimate of drug-likeness (QED) is 0.872. The second-order valence-electron chi connectivity index (χ2n) is 5.28. The van der Waals surface area contributed by atoms with Gasteiger partial charge >= 0.3 is 0 Å². The normalized spacial score (nSPS) is 11.9. The molecule has 0 aliphatic heterocycles. The Morgan fingerprint density at radius 1 is 1.29 bits per heavy atom. The van der Waals surface area contributed by atoms with E-state index in [4.69, 9.17) is 34.8 Å². The molecule has 6 nitrogen and oxygen atoms in total. The molecule has 1 amide bonds. The minimum absolute atomic E-state index is 0.0885. The molecule has 0 saturated heterocycles. The van der Waals surface area contributed by atoms with Crippen LogP contribution in [0.3, 0.4) is 0 Å². The van der Waals surface area contributed by atoms with Gasteiger partial charge in [-0.05, 0) is 25.1 Å². The van der Waals surface area contributed by atoms with Crippen molar-refractivity contribution in [2.75, 3.05) is 19.4 Å². The lowest BCUT2D eigenvalue weighted by Crippen LogP contribution is -2.37. The largest absolute Gasteiger partial charge is 0.371 e. The summed E-state index contributed by atoms with van der Waals surface area (Å²) < 4.78 is 1.07. The summed E-state index contributed by atoms with van der Waals surface area (Å²) >= 11 is 18.1. The van der Waals surface area contributed by atoms with Crippen LogP contribution in [0.5, 0.6) is 0 Å². The molecule has 1 aromatic heterocycles. The Bertz CT molecular complexity index is 836. The lowest BCUT2D eigenvalue weighted by molar-refractivity contribution is -0.129. The Morgan fingerprint density at radius 3 is 2.54 bits per heavy atom. The van der Waals surface area contributed by atoms with Gasteiger partial charge in [-0.15, -0.1) is 0 Å². The molecule has 0 aliphatic rings. The van der Waals surface area contributed by atoms with E-state index in [1.807, 2.05) is 0 Å². The van der Waals surface area contributed by atoms with E-state index in [0.717, 1.165) is 4.68 Å². The van der Waals surface area contributed by atoms with Crippen molar-refractivity contribution >= 4 is 46.4 Å². The molecule has 2 rings (SSSR count). The first kappa shape index (κ1) is 18.6. The molecule has 0 bridgehead atoms. The van der Waals surface area contributed by atoms with Gasteiger partial charge in [0.1, 0.15) is 11.1 Å². The van der Waals surface area contributed by atoms with E-state index in [2.05, 4.69) is 10.4 Å². The first-order valence-corrected chi connectivity index (χ1v) is 8.06. The molecular formula is C15H15Cl3N4O2. The zero-order valence-corrected chi connectivity index (χ0v) is 15.4. The van der Waals surface area contributed by atoms with Gasteiger partial charge in [-0.25, -0.2) is 0 Å². The molecule has 0 saturated carbocycles. The van der Waals surface area contributed by atoms with Gasteiger partial charge in [0.25, 0.3) is 5.56 Å². The molecule has 0 radical (unpaired) electrons. The number of carbonyl (C=O) groups excluding carboxylic acids is 1. The third kappa shape index (κ3) is 3.83. The first-order valence-electron chi connectivity index (χ1n) is 6.93. The number of halogens is 3. The molecule has 128 valence electrons. The molecular weight excluding hydrogens is 375 g/mol. The SMILES string of the molecule is C[C@H](Nc1cnn(-c2ccc(Cl)cc2Cl)c(=O)c1Cl)C(=O)N(C)C. The number of aromatic nitrogens is 2. The smallest absolute Gasteiger partial charge is 0.292 e. The highest BCUT2D eigenvalue weighted by Gasteiger charge is 2.18. The summed E-state index contributed by atoms with van der Waals surface area (Å²) in [5.74, 6) is -0.156. The van der Waals surface area contributed by atoms with Gasteiger partial charge in [-0.1, -0.05) is 34.8 Å². The summed E-state index contributed by atoms with van der Waals surface area (Å²) in [7, 11) is 3.28. The summed E-state index contributed by atoms with van der Waals surface area (Å²) in [5, 5.41) is 7.57. The van der Waals surface area contributed by atoms with E-state index in [-0.39, 0.29) is 21.6 Å². The van der Waals surface area contributed by atoms with Crippen LogP contribution in [0.2, 0.25) is 15.1 Å². The predicted octanol–water partition coefficient (Wildman–Crippen LogP) is 3.08. The van der Waals surface area contributed by atoms with Crippen LogP contribution in [0.15, 0.2) is 29.2 Å². The van der Waals surface area contributed by atoms with Crippen LogP contribution in [0, 0.1) is 0 Å². The maximum Gasteiger partial charge on any atom is 0.292 e. The highest BCUT2D eigenvalue weighted by Crippen LogP contribution is 2.24. The minimum atomic E-state index is -0.561. The molecule has 9 heteroatoms. The van der Waals surface area contributed by atoms with Gasteiger partial charge in [0.2, 0.25) is 5.91 Å². The van der Waals surface area contributed by atoms with E-state index in [1.54, 1.807) is 33.2 Å². The average Bonchev–Trinajstić information content (AvgIpc) is 2.52. The van der Waals surface area contributed by atoms with Crippen LogP contribution in [0.1, 0.15) is 6.92 Å². The maximum atomic E-state index is 12.5. The Hall–Kier alpha value is -1.76. The Morgan fingerprint density at radius 2 is 1.96 bits per heavy atom. The Kier molecular flexibility index (Phi) is 5.74. The van der Waals surface area contributed by atoms with Crippen LogP contribution < -0.4 is 10.9 Å². The number of anilines is 1. The van der Waals surface area contributed by atoms with Gasteiger partial charge in [0.05, 0.1) is 22.6 Å². The number of nitrogens with one attached hydrogen (secondary N) is 1. The van der Waals surface area contributed by atoms with Crippen molar-refractivity contribution < 1.29 is 4.79 Å². The fourth-order valence-electron chi connectivity index (χ4n) is 2.04. The van der Waals surface area contributed by atoms with E-state index in [0.29, 0.717) is 10.7 Å².